The van der Waals surface area contributed by atoms with Crippen LogP contribution in [0.2, 0.25) is 0 Å². The van der Waals surface area contributed by atoms with E-state index in [0.717, 1.165) is 22.5 Å². The number of carbonyl (C=O) groups excluding carboxylic acids is 1. The molecular weight excluding hydrogens is 408 g/mol. The minimum atomic E-state index is -0.476. The van der Waals surface area contributed by atoms with Crippen molar-refractivity contribution in [3.05, 3.63) is 58.0 Å². The molecule has 0 aliphatic heterocycles. The summed E-state index contributed by atoms with van der Waals surface area (Å²) in [5.41, 5.74) is 2.32. The number of H-pyrrole nitrogens is 2. The number of aromatic hydroxyl groups is 1. The molecule has 7 nitrogen and oxygen atoms in total. The number of hydrogen-bond donors (Lipinski definition) is 4. The second-order valence-electron chi connectivity index (χ2n) is 6.35. The standard InChI is InChI=1S/C20H16N4O3S2/c21-8-13-18-19(15(25)7-16(26)24-18)29-20(13)28-10-17(27)22-6-5-11-9-23-14-4-2-1-3-12(11)14/h1-4,7,9,23H,5-6,10H2,(H,22,27)(H2,24,25,26). The zero-order chi connectivity index (χ0) is 20.4. The summed E-state index contributed by atoms with van der Waals surface area (Å²) in [4.78, 5) is 29.6. The highest BCUT2D eigenvalue weighted by molar-refractivity contribution is 8.02. The highest BCUT2D eigenvalue weighted by atomic mass is 32.2. The second kappa shape index (κ2) is 8.03. The number of hydrogen-bond acceptors (Lipinski definition) is 6. The first-order chi connectivity index (χ1) is 14.1. The van der Waals surface area contributed by atoms with Crippen LogP contribution in [0, 0.1) is 11.3 Å². The Morgan fingerprint density at radius 2 is 2.17 bits per heavy atom. The highest BCUT2D eigenvalue weighted by Gasteiger charge is 2.17. The fourth-order valence-corrected chi connectivity index (χ4v) is 5.29. The molecule has 0 bridgehead atoms. The van der Waals surface area contributed by atoms with Gasteiger partial charge in [0, 0.05) is 29.7 Å². The van der Waals surface area contributed by atoms with Gasteiger partial charge in [0.25, 0.3) is 5.56 Å². The summed E-state index contributed by atoms with van der Waals surface area (Å²) in [5, 5.41) is 23.4. The number of fused-ring (bicyclic) bond motifs is 2. The van der Waals surface area contributed by atoms with Crippen molar-refractivity contribution in [3.63, 3.8) is 0 Å². The maximum absolute atomic E-state index is 12.2. The number of aromatic amines is 2. The van der Waals surface area contributed by atoms with Crippen LogP contribution in [-0.4, -0.2) is 33.3 Å². The van der Waals surface area contributed by atoms with Gasteiger partial charge < -0.3 is 20.4 Å². The number of nitriles is 1. The number of nitrogens with one attached hydrogen (secondary N) is 3. The minimum Gasteiger partial charge on any atom is -0.506 e. The molecule has 1 aromatic carbocycles. The maximum atomic E-state index is 12.2. The first kappa shape index (κ1) is 19.1. The van der Waals surface area contributed by atoms with E-state index in [9.17, 15) is 20.0 Å². The Hall–Kier alpha value is -3.22. The number of carbonyl (C=O) groups is 1. The molecule has 0 spiro atoms. The summed E-state index contributed by atoms with van der Waals surface area (Å²) >= 11 is 2.40. The van der Waals surface area contributed by atoms with Crippen LogP contribution in [0.15, 0.2) is 45.5 Å². The summed E-state index contributed by atoms with van der Waals surface area (Å²) < 4.78 is 1.02. The molecule has 1 amide bonds. The predicted octanol–water partition coefficient (Wildman–Crippen LogP) is 3.10. The normalized spacial score (nSPS) is 11.0. The summed E-state index contributed by atoms with van der Waals surface area (Å²) in [5.74, 6) is -0.172. The molecule has 0 atom stereocenters. The third-order valence-corrected chi connectivity index (χ3v) is 6.95. The van der Waals surface area contributed by atoms with Crippen LogP contribution in [0.25, 0.3) is 21.1 Å². The van der Waals surface area contributed by atoms with E-state index in [2.05, 4.69) is 15.3 Å². The number of para-hydroxylation sites is 1. The van der Waals surface area contributed by atoms with E-state index in [1.807, 2.05) is 36.5 Å². The van der Waals surface area contributed by atoms with Crippen LogP contribution in [0.4, 0.5) is 0 Å². The van der Waals surface area contributed by atoms with Crippen LogP contribution in [0.5, 0.6) is 5.75 Å². The molecular formula is C20H16N4O3S2. The number of rotatable bonds is 6. The van der Waals surface area contributed by atoms with Gasteiger partial charge in [0.15, 0.2) is 0 Å². The maximum Gasteiger partial charge on any atom is 0.252 e. The molecule has 4 N–H and O–H groups in total. The third kappa shape index (κ3) is 3.85. The Morgan fingerprint density at radius 3 is 3.00 bits per heavy atom. The molecule has 29 heavy (non-hydrogen) atoms. The molecule has 146 valence electrons. The SMILES string of the molecule is N#Cc1c(SCC(=O)NCCc2c[nH]c3ccccc23)sc2c(O)cc(=O)[nH]c12. The van der Waals surface area contributed by atoms with Gasteiger partial charge in [-0.3, -0.25) is 9.59 Å². The van der Waals surface area contributed by atoms with Crippen LogP contribution in [0.3, 0.4) is 0 Å². The third-order valence-electron chi connectivity index (χ3n) is 4.46. The lowest BCUT2D eigenvalue weighted by atomic mass is 10.1. The average Bonchev–Trinajstić information content (AvgIpc) is 3.27. The van der Waals surface area contributed by atoms with Gasteiger partial charge in [0.1, 0.15) is 17.4 Å². The number of nitrogens with zero attached hydrogens (tertiary/aromatic N) is 1. The van der Waals surface area contributed by atoms with Gasteiger partial charge in [-0.2, -0.15) is 5.26 Å². The van der Waals surface area contributed by atoms with Crippen molar-refractivity contribution in [1.82, 2.24) is 15.3 Å². The largest absolute Gasteiger partial charge is 0.506 e. The van der Waals surface area contributed by atoms with Crippen molar-refractivity contribution < 1.29 is 9.90 Å². The van der Waals surface area contributed by atoms with Gasteiger partial charge in [0.2, 0.25) is 5.91 Å². The molecule has 3 heterocycles. The van der Waals surface area contributed by atoms with E-state index in [4.69, 9.17) is 0 Å². The van der Waals surface area contributed by atoms with Gasteiger partial charge >= 0.3 is 0 Å². The zero-order valence-electron chi connectivity index (χ0n) is 15.1. The molecule has 0 fully saturated rings. The van der Waals surface area contributed by atoms with E-state index in [-0.39, 0.29) is 23.0 Å². The molecule has 9 heteroatoms. The first-order valence-electron chi connectivity index (χ1n) is 8.80. The summed E-state index contributed by atoms with van der Waals surface area (Å²) in [7, 11) is 0. The second-order valence-corrected chi connectivity index (χ2v) is 8.61. The molecule has 4 aromatic rings. The van der Waals surface area contributed by atoms with Crippen molar-refractivity contribution in [2.24, 2.45) is 0 Å². The number of pyridine rings is 1. The van der Waals surface area contributed by atoms with Gasteiger partial charge in [-0.25, -0.2) is 0 Å². The van der Waals surface area contributed by atoms with Crippen molar-refractivity contribution in [1.29, 1.82) is 5.26 Å². The Bertz CT molecular complexity index is 1310. The van der Waals surface area contributed by atoms with Gasteiger partial charge in [-0.05, 0) is 18.1 Å². The van der Waals surface area contributed by atoms with Gasteiger partial charge in [-0.15, -0.1) is 23.1 Å². The van der Waals surface area contributed by atoms with Crippen molar-refractivity contribution in [2.75, 3.05) is 12.3 Å². The Kier molecular flexibility index (Phi) is 5.29. The van der Waals surface area contributed by atoms with E-state index in [1.165, 1.54) is 23.1 Å². The predicted molar refractivity (Wildman–Crippen MR) is 115 cm³/mol. The molecule has 0 unspecified atom stereocenters. The molecule has 0 aliphatic rings. The monoisotopic (exact) mass is 424 g/mol. The van der Waals surface area contributed by atoms with E-state index < -0.39 is 5.56 Å². The summed E-state index contributed by atoms with van der Waals surface area (Å²) in [6, 6.07) is 11.1. The Balaban J connectivity index is 1.38. The quantitative estimate of drug-likeness (QED) is 0.354. The highest BCUT2D eigenvalue weighted by Crippen LogP contribution is 2.39. The van der Waals surface area contributed by atoms with Crippen molar-refractivity contribution in [3.8, 4) is 11.8 Å². The van der Waals surface area contributed by atoms with Gasteiger partial charge in [0.05, 0.1) is 20.2 Å². The Labute approximate surface area is 173 Å². The van der Waals surface area contributed by atoms with Crippen molar-refractivity contribution in [2.45, 2.75) is 10.6 Å². The van der Waals surface area contributed by atoms with Crippen LogP contribution in [0.1, 0.15) is 11.1 Å². The molecule has 0 aliphatic carbocycles. The summed E-state index contributed by atoms with van der Waals surface area (Å²) in [6.45, 7) is 0.507. The topological polar surface area (TPSA) is 122 Å². The van der Waals surface area contributed by atoms with Crippen LogP contribution >= 0.6 is 23.1 Å². The summed E-state index contributed by atoms with van der Waals surface area (Å²) in [6.07, 6.45) is 2.66. The fourth-order valence-electron chi connectivity index (χ4n) is 3.12. The number of thioether (sulfide) groups is 1. The average molecular weight is 425 g/mol. The molecule has 0 saturated heterocycles. The fraction of sp³-hybridized carbons (Fsp3) is 0.150. The van der Waals surface area contributed by atoms with E-state index in [0.29, 0.717) is 27.4 Å². The zero-order valence-corrected chi connectivity index (χ0v) is 16.7. The smallest absolute Gasteiger partial charge is 0.252 e. The first-order valence-corrected chi connectivity index (χ1v) is 10.6. The number of aromatic nitrogens is 2. The van der Waals surface area contributed by atoms with E-state index >= 15 is 0 Å². The van der Waals surface area contributed by atoms with E-state index in [1.54, 1.807) is 0 Å². The molecule has 4 rings (SSSR count). The molecule has 0 radical (unpaired) electrons. The lowest BCUT2D eigenvalue weighted by molar-refractivity contribution is -0.118. The Morgan fingerprint density at radius 1 is 1.34 bits per heavy atom. The van der Waals surface area contributed by atoms with Crippen molar-refractivity contribution >= 4 is 50.1 Å². The minimum absolute atomic E-state index is 0.139. The number of amides is 1. The van der Waals surface area contributed by atoms with Crippen LogP contribution in [-0.2, 0) is 11.2 Å². The number of benzene rings is 1. The lowest BCUT2D eigenvalue weighted by Gasteiger charge is -2.04. The molecule has 0 saturated carbocycles. The number of thiophene rings is 1. The lowest BCUT2D eigenvalue weighted by Crippen LogP contribution is -2.27. The van der Waals surface area contributed by atoms with Crippen LogP contribution < -0.4 is 10.9 Å². The molecule has 3 aromatic heterocycles. The van der Waals surface area contributed by atoms with Gasteiger partial charge in [-0.1, -0.05) is 18.2 Å².